The molecule has 4 nitrogen and oxygen atoms in total. The van der Waals surface area contributed by atoms with Crippen molar-refractivity contribution >= 4 is 11.8 Å². The van der Waals surface area contributed by atoms with Gasteiger partial charge in [0.2, 0.25) is 0 Å². The molecule has 0 bridgehead atoms. The molecule has 0 aliphatic heterocycles. The summed E-state index contributed by atoms with van der Waals surface area (Å²) in [5.41, 5.74) is 4.43. The SMILES string of the molecule is COc1ccccc1-c1nnc(SCc2ccc(-c3ccccc3)cc2)o1. The monoisotopic (exact) mass is 374 g/mol. The summed E-state index contributed by atoms with van der Waals surface area (Å²) in [6.07, 6.45) is 0. The Morgan fingerprint density at radius 1 is 0.815 bits per heavy atom. The first-order valence-electron chi connectivity index (χ1n) is 8.57. The Morgan fingerprint density at radius 3 is 2.30 bits per heavy atom. The summed E-state index contributed by atoms with van der Waals surface area (Å²) >= 11 is 1.52. The van der Waals surface area contributed by atoms with Crippen LogP contribution in [0.3, 0.4) is 0 Å². The van der Waals surface area contributed by atoms with E-state index in [-0.39, 0.29) is 0 Å². The first-order valence-corrected chi connectivity index (χ1v) is 9.56. The lowest BCUT2D eigenvalue weighted by atomic mass is 10.0. The van der Waals surface area contributed by atoms with Crippen LogP contribution in [0.4, 0.5) is 0 Å². The van der Waals surface area contributed by atoms with Crippen LogP contribution in [-0.2, 0) is 5.75 Å². The average Bonchev–Trinajstić information content (AvgIpc) is 3.22. The number of aromatic nitrogens is 2. The van der Waals surface area contributed by atoms with Crippen LogP contribution in [0.1, 0.15) is 5.56 Å². The second-order valence-electron chi connectivity index (χ2n) is 5.93. The van der Waals surface area contributed by atoms with Gasteiger partial charge in [0.05, 0.1) is 12.7 Å². The molecule has 0 aliphatic rings. The van der Waals surface area contributed by atoms with Crippen LogP contribution >= 0.6 is 11.8 Å². The molecular weight excluding hydrogens is 356 g/mol. The smallest absolute Gasteiger partial charge is 0.277 e. The largest absolute Gasteiger partial charge is 0.496 e. The zero-order valence-electron chi connectivity index (χ0n) is 14.8. The standard InChI is InChI=1S/C22H18N2O2S/c1-25-20-10-6-5-9-19(20)21-23-24-22(26-21)27-15-16-11-13-18(14-12-16)17-7-3-2-4-8-17/h2-14H,15H2,1H3. The molecule has 0 spiro atoms. The van der Waals surface area contributed by atoms with Crippen LogP contribution in [0, 0.1) is 0 Å². The molecule has 0 aliphatic carbocycles. The van der Waals surface area contributed by atoms with Gasteiger partial charge in [-0.2, -0.15) is 0 Å². The molecular formula is C22H18N2O2S. The van der Waals surface area contributed by atoms with E-state index in [0.717, 1.165) is 11.3 Å². The lowest BCUT2D eigenvalue weighted by Gasteiger charge is -2.04. The van der Waals surface area contributed by atoms with E-state index in [1.807, 2.05) is 42.5 Å². The fourth-order valence-corrected chi connectivity index (χ4v) is 3.49. The van der Waals surface area contributed by atoms with Crippen molar-refractivity contribution in [3.8, 4) is 28.3 Å². The molecule has 4 rings (SSSR count). The van der Waals surface area contributed by atoms with E-state index in [2.05, 4.69) is 46.6 Å². The van der Waals surface area contributed by atoms with Crippen molar-refractivity contribution in [1.82, 2.24) is 10.2 Å². The molecule has 0 amide bonds. The van der Waals surface area contributed by atoms with Gasteiger partial charge < -0.3 is 9.15 Å². The van der Waals surface area contributed by atoms with Crippen molar-refractivity contribution in [3.63, 3.8) is 0 Å². The maximum absolute atomic E-state index is 5.79. The van der Waals surface area contributed by atoms with E-state index in [1.165, 1.54) is 28.5 Å². The van der Waals surface area contributed by atoms with Gasteiger partial charge in [-0.05, 0) is 28.8 Å². The highest BCUT2D eigenvalue weighted by Crippen LogP contribution is 2.31. The molecule has 0 unspecified atom stereocenters. The summed E-state index contributed by atoms with van der Waals surface area (Å²) < 4.78 is 11.1. The third-order valence-corrected chi connectivity index (χ3v) is 5.06. The van der Waals surface area contributed by atoms with Crippen molar-refractivity contribution in [3.05, 3.63) is 84.4 Å². The summed E-state index contributed by atoms with van der Waals surface area (Å²) in [5.74, 6) is 1.95. The number of hydrogen-bond acceptors (Lipinski definition) is 5. The summed E-state index contributed by atoms with van der Waals surface area (Å²) in [7, 11) is 1.63. The normalized spacial score (nSPS) is 10.7. The van der Waals surface area contributed by atoms with E-state index in [1.54, 1.807) is 7.11 Å². The number of para-hydroxylation sites is 1. The van der Waals surface area contributed by atoms with Gasteiger partial charge in [-0.3, -0.25) is 0 Å². The Hall–Kier alpha value is -3.05. The number of rotatable bonds is 6. The zero-order valence-corrected chi connectivity index (χ0v) is 15.6. The van der Waals surface area contributed by atoms with Crippen LogP contribution in [0.25, 0.3) is 22.6 Å². The highest BCUT2D eigenvalue weighted by Gasteiger charge is 2.13. The lowest BCUT2D eigenvalue weighted by Crippen LogP contribution is -1.87. The van der Waals surface area contributed by atoms with E-state index in [0.29, 0.717) is 16.9 Å². The Labute approximate surface area is 162 Å². The molecule has 3 aromatic carbocycles. The Kier molecular flexibility index (Phi) is 5.21. The molecule has 0 radical (unpaired) electrons. The van der Waals surface area contributed by atoms with Crippen molar-refractivity contribution < 1.29 is 9.15 Å². The van der Waals surface area contributed by atoms with Gasteiger partial charge >= 0.3 is 0 Å². The Morgan fingerprint density at radius 2 is 1.52 bits per heavy atom. The van der Waals surface area contributed by atoms with Crippen LogP contribution < -0.4 is 4.74 Å². The van der Waals surface area contributed by atoms with E-state index in [9.17, 15) is 0 Å². The van der Waals surface area contributed by atoms with Crippen molar-refractivity contribution in [2.75, 3.05) is 7.11 Å². The highest BCUT2D eigenvalue weighted by molar-refractivity contribution is 7.98. The maximum Gasteiger partial charge on any atom is 0.277 e. The Bertz CT molecular complexity index is 1010. The number of nitrogens with zero attached hydrogens (tertiary/aromatic N) is 2. The van der Waals surface area contributed by atoms with Crippen molar-refractivity contribution in [1.29, 1.82) is 0 Å². The van der Waals surface area contributed by atoms with E-state index >= 15 is 0 Å². The predicted molar refractivity (Wildman–Crippen MR) is 108 cm³/mol. The minimum atomic E-state index is 0.467. The molecule has 27 heavy (non-hydrogen) atoms. The zero-order chi connectivity index (χ0) is 18.5. The number of benzene rings is 3. The lowest BCUT2D eigenvalue weighted by molar-refractivity contribution is 0.411. The van der Waals surface area contributed by atoms with Gasteiger partial charge in [0.1, 0.15) is 5.75 Å². The van der Waals surface area contributed by atoms with E-state index < -0.39 is 0 Å². The number of methoxy groups -OCH3 is 1. The summed E-state index contributed by atoms with van der Waals surface area (Å²) in [4.78, 5) is 0. The number of ether oxygens (including phenoxy) is 1. The van der Waals surface area contributed by atoms with Crippen LogP contribution in [0.2, 0.25) is 0 Å². The summed E-state index contributed by atoms with van der Waals surface area (Å²) in [6, 6.07) is 26.5. The molecule has 134 valence electrons. The minimum absolute atomic E-state index is 0.467. The van der Waals surface area contributed by atoms with Crippen LogP contribution in [0.15, 0.2) is 88.5 Å². The second kappa shape index (κ2) is 8.10. The van der Waals surface area contributed by atoms with Crippen LogP contribution in [0.5, 0.6) is 5.75 Å². The molecule has 1 aromatic heterocycles. The summed E-state index contributed by atoms with van der Waals surface area (Å²) in [6.45, 7) is 0. The number of thioether (sulfide) groups is 1. The molecule has 0 atom stereocenters. The van der Waals surface area contributed by atoms with Crippen molar-refractivity contribution in [2.24, 2.45) is 0 Å². The third kappa shape index (κ3) is 4.04. The highest BCUT2D eigenvalue weighted by atomic mass is 32.2. The van der Waals surface area contributed by atoms with Crippen molar-refractivity contribution in [2.45, 2.75) is 11.0 Å². The first-order chi connectivity index (χ1) is 13.3. The van der Waals surface area contributed by atoms with Crippen LogP contribution in [-0.4, -0.2) is 17.3 Å². The molecule has 0 saturated heterocycles. The topological polar surface area (TPSA) is 48.2 Å². The molecule has 5 heteroatoms. The molecule has 0 N–H and O–H groups in total. The van der Waals surface area contributed by atoms with Gasteiger partial charge in [-0.15, -0.1) is 10.2 Å². The average molecular weight is 374 g/mol. The van der Waals surface area contributed by atoms with E-state index in [4.69, 9.17) is 9.15 Å². The maximum atomic E-state index is 5.79. The van der Waals surface area contributed by atoms with Gasteiger partial charge in [0.25, 0.3) is 11.1 Å². The quantitative estimate of drug-likeness (QED) is 0.405. The summed E-state index contributed by atoms with van der Waals surface area (Å²) in [5, 5.41) is 8.83. The molecule has 1 heterocycles. The fourth-order valence-electron chi connectivity index (χ4n) is 2.77. The fraction of sp³-hybridized carbons (Fsp3) is 0.0909. The molecule has 0 saturated carbocycles. The minimum Gasteiger partial charge on any atom is -0.496 e. The van der Waals surface area contributed by atoms with Gasteiger partial charge in [0.15, 0.2) is 0 Å². The second-order valence-corrected chi connectivity index (χ2v) is 6.85. The molecule has 4 aromatic rings. The number of hydrogen-bond donors (Lipinski definition) is 0. The predicted octanol–water partition coefficient (Wildman–Crippen LogP) is 5.70. The van der Waals surface area contributed by atoms with Gasteiger partial charge in [-0.25, -0.2) is 0 Å². The van der Waals surface area contributed by atoms with Gasteiger partial charge in [0, 0.05) is 5.75 Å². The van der Waals surface area contributed by atoms with Gasteiger partial charge in [-0.1, -0.05) is 78.5 Å². The third-order valence-electron chi connectivity index (χ3n) is 4.17. The Balaban J connectivity index is 1.43. The first kappa shape index (κ1) is 17.4. The molecule has 0 fully saturated rings.